The number of amides is 1. The average Bonchev–Trinajstić information content (AvgIpc) is 3.39. The van der Waals surface area contributed by atoms with Gasteiger partial charge in [-0.25, -0.2) is 15.0 Å². The first-order valence-corrected chi connectivity index (χ1v) is 12.9. The van der Waals surface area contributed by atoms with Crippen LogP contribution in [-0.4, -0.2) is 34.9 Å². The van der Waals surface area contributed by atoms with E-state index in [1.807, 2.05) is 6.07 Å². The molecule has 3 heterocycles. The third-order valence-corrected chi connectivity index (χ3v) is 6.96. The van der Waals surface area contributed by atoms with Gasteiger partial charge in [-0.05, 0) is 61.0 Å². The summed E-state index contributed by atoms with van der Waals surface area (Å²) in [4.78, 5) is 42.4. The molecule has 42 heavy (non-hydrogen) atoms. The molecule has 1 amide bonds. The van der Waals surface area contributed by atoms with Crippen LogP contribution in [0.4, 0.5) is 13.2 Å². The van der Waals surface area contributed by atoms with Gasteiger partial charge in [0.05, 0.1) is 47.3 Å². The summed E-state index contributed by atoms with van der Waals surface area (Å²) in [7, 11) is 1.77. The number of hydrogen-bond donors (Lipinski definition) is 0. The molecule has 212 valence electrons. The Hall–Kier alpha value is -5.31. The van der Waals surface area contributed by atoms with Crippen LogP contribution in [0.2, 0.25) is 0 Å². The Bertz CT molecular complexity index is 1850. The summed E-state index contributed by atoms with van der Waals surface area (Å²) < 4.78 is 42.4. The quantitative estimate of drug-likeness (QED) is 0.279. The zero-order valence-corrected chi connectivity index (χ0v) is 22.6. The van der Waals surface area contributed by atoms with Crippen LogP contribution in [0, 0.1) is 11.3 Å². The van der Waals surface area contributed by atoms with Crippen LogP contribution in [-0.2, 0) is 31.0 Å². The van der Waals surface area contributed by atoms with Crippen LogP contribution in [0.5, 0.6) is 0 Å². The Morgan fingerprint density at radius 2 is 1.76 bits per heavy atom. The van der Waals surface area contributed by atoms with Crippen LogP contribution >= 0.6 is 0 Å². The first-order chi connectivity index (χ1) is 20.1. The molecule has 0 spiro atoms. The number of nitrogens with zero attached hydrogens (tertiary/aromatic N) is 7. The standard InChI is InChI=1S/C30H24F3N7O2/c1-19(28-37-27-24(4-3-13-36-27)29(42)40(28)23-11-7-21(17-34)8-12-23)39(18-25-35-14-15-38(25)2)26(41)16-20-5-9-22(10-6-20)30(31,32)33/h3-15,19H,16,18H2,1-2H3/t19-/m1/s1. The molecule has 0 saturated carbocycles. The fraction of sp³-hybridized carbons (Fsp3) is 0.200. The highest BCUT2D eigenvalue weighted by Crippen LogP contribution is 2.30. The molecule has 0 unspecified atom stereocenters. The Morgan fingerprint density at radius 3 is 2.38 bits per heavy atom. The average molecular weight is 572 g/mol. The molecule has 0 saturated heterocycles. The normalized spacial score (nSPS) is 12.2. The topological polar surface area (TPSA) is 110 Å². The maximum Gasteiger partial charge on any atom is 0.416 e. The summed E-state index contributed by atoms with van der Waals surface area (Å²) in [6, 6.07) is 15.3. The monoisotopic (exact) mass is 571 g/mol. The Labute approximate surface area is 238 Å². The van der Waals surface area contributed by atoms with Crippen LogP contribution in [0.3, 0.4) is 0 Å². The van der Waals surface area contributed by atoms with E-state index >= 15 is 0 Å². The molecule has 0 aliphatic rings. The second-order valence-corrected chi connectivity index (χ2v) is 9.67. The lowest BCUT2D eigenvalue weighted by molar-refractivity contribution is -0.137. The molecule has 2 aromatic carbocycles. The van der Waals surface area contributed by atoms with Gasteiger partial charge in [0.2, 0.25) is 5.91 Å². The lowest BCUT2D eigenvalue weighted by Gasteiger charge is -2.30. The van der Waals surface area contributed by atoms with Gasteiger partial charge < -0.3 is 9.47 Å². The molecular weight excluding hydrogens is 547 g/mol. The van der Waals surface area contributed by atoms with Crippen LogP contribution in [0.15, 0.2) is 84.0 Å². The van der Waals surface area contributed by atoms with Gasteiger partial charge >= 0.3 is 6.18 Å². The van der Waals surface area contributed by atoms with E-state index in [0.29, 0.717) is 22.6 Å². The Kier molecular flexibility index (Phi) is 7.58. The van der Waals surface area contributed by atoms with Crippen molar-refractivity contribution >= 4 is 16.9 Å². The fourth-order valence-electron chi connectivity index (χ4n) is 4.62. The van der Waals surface area contributed by atoms with Gasteiger partial charge in [-0.3, -0.25) is 14.2 Å². The van der Waals surface area contributed by atoms with Gasteiger partial charge in [0.1, 0.15) is 11.6 Å². The maximum atomic E-state index is 13.8. The van der Waals surface area contributed by atoms with Crippen molar-refractivity contribution in [3.63, 3.8) is 0 Å². The third-order valence-electron chi connectivity index (χ3n) is 6.96. The molecule has 3 aromatic heterocycles. The number of carbonyl (C=O) groups excluding carboxylic acids is 1. The van der Waals surface area contributed by atoms with Gasteiger partial charge in [-0.15, -0.1) is 0 Å². The minimum atomic E-state index is -4.49. The molecule has 0 aliphatic heterocycles. The summed E-state index contributed by atoms with van der Waals surface area (Å²) in [5.41, 5.74) is 0.207. The highest BCUT2D eigenvalue weighted by Gasteiger charge is 2.31. The van der Waals surface area contributed by atoms with E-state index < -0.39 is 29.2 Å². The number of hydrogen-bond acceptors (Lipinski definition) is 6. The number of rotatable bonds is 7. The summed E-state index contributed by atoms with van der Waals surface area (Å²) in [6.45, 7) is 1.75. The van der Waals surface area contributed by atoms with Crippen molar-refractivity contribution in [2.45, 2.75) is 32.1 Å². The number of benzene rings is 2. The lowest BCUT2D eigenvalue weighted by atomic mass is 10.1. The number of aromatic nitrogens is 5. The van der Waals surface area contributed by atoms with Gasteiger partial charge in [0.15, 0.2) is 5.65 Å². The van der Waals surface area contributed by atoms with Crippen LogP contribution in [0.25, 0.3) is 16.7 Å². The van der Waals surface area contributed by atoms with E-state index in [-0.39, 0.29) is 29.8 Å². The van der Waals surface area contributed by atoms with Gasteiger partial charge in [0.25, 0.3) is 5.56 Å². The number of imidazole rings is 1. The first-order valence-electron chi connectivity index (χ1n) is 12.9. The van der Waals surface area contributed by atoms with Gasteiger partial charge in [-0.1, -0.05) is 12.1 Å². The van der Waals surface area contributed by atoms with Gasteiger partial charge in [-0.2, -0.15) is 18.4 Å². The lowest BCUT2D eigenvalue weighted by Crippen LogP contribution is -2.38. The number of carbonyl (C=O) groups is 1. The predicted octanol–water partition coefficient (Wildman–Crippen LogP) is 4.74. The summed E-state index contributed by atoms with van der Waals surface area (Å²) in [5, 5.41) is 9.51. The zero-order valence-electron chi connectivity index (χ0n) is 22.6. The molecule has 1 atom stereocenters. The molecule has 0 aliphatic carbocycles. The van der Waals surface area contributed by atoms with E-state index in [4.69, 9.17) is 4.98 Å². The van der Waals surface area contributed by atoms with Crippen molar-refractivity contribution < 1.29 is 18.0 Å². The minimum absolute atomic E-state index is 0.0353. The van der Waals surface area contributed by atoms with Crippen molar-refractivity contribution in [1.82, 2.24) is 29.0 Å². The summed E-state index contributed by atoms with van der Waals surface area (Å²) in [6.07, 6.45) is 0.134. The smallest absolute Gasteiger partial charge is 0.337 e. The molecule has 0 bridgehead atoms. The van der Waals surface area contributed by atoms with Crippen molar-refractivity contribution in [3.05, 3.63) is 118 Å². The zero-order chi connectivity index (χ0) is 30.0. The van der Waals surface area contributed by atoms with E-state index in [9.17, 15) is 28.0 Å². The van der Waals surface area contributed by atoms with E-state index in [1.165, 1.54) is 27.8 Å². The van der Waals surface area contributed by atoms with Gasteiger partial charge in [0, 0.05) is 25.6 Å². The number of fused-ring (bicyclic) bond motifs is 1. The molecule has 0 N–H and O–H groups in total. The molecule has 0 radical (unpaired) electrons. The molecule has 12 heteroatoms. The Morgan fingerprint density at radius 1 is 1.05 bits per heavy atom. The maximum absolute atomic E-state index is 13.8. The number of aryl methyl sites for hydroxylation is 1. The largest absolute Gasteiger partial charge is 0.416 e. The number of halogens is 3. The number of pyridine rings is 1. The second-order valence-electron chi connectivity index (χ2n) is 9.67. The number of nitriles is 1. The number of alkyl halides is 3. The van der Waals surface area contributed by atoms with E-state index in [0.717, 1.165) is 12.1 Å². The second kappa shape index (κ2) is 11.3. The third kappa shape index (κ3) is 5.62. The molecule has 0 fully saturated rings. The summed E-state index contributed by atoms with van der Waals surface area (Å²) in [5.74, 6) is 0.353. The van der Waals surface area contributed by atoms with E-state index in [1.54, 1.807) is 67.3 Å². The highest BCUT2D eigenvalue weighted by molar-refractivity contribution is 5.79. The van der Waals surface area contributed by atoms with Crippen LogP contribution < -0.4 is 5.56 Å². The van der Waals surface area contributed by atoms with Crippen LogP contribution in [0.1, 0.15) is 41.3 Å². The van der Waals surface area contributed by atoms with Crippen molar-refractivity contribution in [1.29, 1.82) is 5.26 Å². The Balaban J connectivity index is 1.61. The SMILES string of the molecule is C[C@H](c1nc2ncccc2c(=O)n1-c1ccc(C#N)cc1)N(Cc1nccn1C)C(=O)Cc1ccc(C(F)(F)F)cc1. The highest BCUT2D eigenvalue weighted by atomic mass is 19.4. The fourth-order valence-corrected chi connectivity index (χ4v) is 4.62. The first kappa shape index (κ1) is 28.2. The van der Waals surface area contributed by atoms with E-state index in [2.05, 4.69) is 9.97 Å². The molecule has 9 nitrogen and oxygen atoms in total. The van der Waals surface area contributed by atoms with Crippen molar-refractivity contribution in [2.75, 3.05) is 0 Å². The molecule has 5 rings (SSSR count). The minimum Gasteiger partial charge on any atom is -0.337 e. The van der Waals surface area contributed by atoms with Crippen molar-refractivity contribution in [2.24, 2.45) is 7.05 Å². The molecular formula is C30H24F3N7O2. The predicted molar refractivity (Wildman–Crippen MR) is 147 cm³/mol. The van der Waals surface area contributed by atoms with Crippen molar-refractivity contribution in [3.8, 4) is 11.8 Å². The summed E-state index contributed by atoms with van der Waals surface area (Å²) >= 11 is 0. The molecule has 5 aromatic rings.